The summed E-state index contributed by atoms with van der Waals surface area (Å²) in [5.41, 5.74) is 0.354. The molecule has 3 N–H and O–H groups in total. The number of rotatable bonds is 6. The highest BCUT2D eigenvalue weighted by atomic mass is 35.5. The average molecular weight is 448 g/mol. The van der Waals surface area contributed by atoms with Crippen molar-refractivity contribution in [3.05, 3.63) is 88.9 Å². The zero-order valence-electron chi connectivity index (χ0n) is 16.0. The summed E-state index contributed by atoms with van der Waals surface area (Å²) in [6, 6.07) is 17.4. The maximum atomic E-state index is 12.8. The van der Waals surface area contributed by atoms with Crippen LogP contribution >= 0.6 is 11.6 Å². The Balaban J connectivity index is 1.61. The molecule has 0 aliphatic carbocycles. The summed E-state index contributed by atoms with van der Waals surface area (Å²) in [7, 11) is 0. The molecule has 2 amide bonds. The Bertz CT molecular complexity index is 1100. The van der Waals surface area contributed by atoms with Crippen LogP contribution in [0, 0.1) is 0 Å². The van der Waals surface area contributed by atoms with Gasteiger partial charge in [0, 0.05) is 16.9 Å². The highest BCUT2D eigenvalue weighted by Gasteiger charge is 2.30. The van der Waals surface area contributed by atoms with Crippen LogP contribution in [0.4, 0.5) is 30.2 Å². The minimum absolute atomic E-state index is 0.0253. The third-order valence-corrected chi connectivity index (χ3v) is 4.50. The monoisotopic (exact) mass is 447 g/mol. The molecule has 0 atom stereocenters. The Hall–Kier alpha value is -3.52. The highest BCUT2D eigenvalue weighted by molar-refractivity contribution is 6.33. The molecular weight excluding hydrogens is 431 g/mol. The second-order valence-electron chi connectivity index (χ2n) is 6.50. The molecule has 0 bridgehead atoms. The molecule has 0 aliphatic heterocycles. The van der Waals surface area contributed by atoms with E-state index in [1.807, 2.05) is 0 Å². The number of halogens is 4. The van der Waals surface area contributed by atoms with Crippen molar-refractivity contribution in [3.63, 3.8) is 0 Å². The minimum atomic E-state index is -4.50. The number of nitrogens with one attached hydrogen (secondary N) is 3. The lowest BCUT2D eigenvalue weighted by molar-refractivity contribution is -0.137. The van der Waals surface area contributed by atoms with Crippen LogP contribution in [0.25, 0.3) is 0 Å². The number of hydrogen-bond donors (Lipinski definition) is 3. The third-order valence-electron chi connectivity index (χ3n) is 4.17. The van der Waals surface area contributed by atoms with E-state index in [2.05, 4.69) is 16.0 Å². The molecular formula is C22H17ClF3N3O2. The van der Waals surface area contributed by atoms with E-state index in [0.29, 0.717) is 16.4 Å². The minimum Gasteiger partial charge on any atom is -0.376 e. The van der Waals surface area contributed by atoms with Crippen LogP contribution in [0.2, 0.25) is 5.02 Å². The van der Waals surface area contributed by atoms with E-state index < -0.39 is 17.6 Å². The molecule has 0 aromatic heterocycles. The number of alkyl halides is 3. The number of para-hydroxylation sites is 1. The van der Waals surface area contributed by atoms with Crippen LogP contribution in [0.1, 0.15) is 15.9 Å². The zero-order valence-corrected chi connectivity index (χ0v) is 16.7. The molecule has 0 spiro atoms. The molecule has 3 aromatic carbocycles. The number of hydrogen-bond acceptors (Lipinski definition) is 3. The molecule has 0 unspecified atom stereocenters. The number of benzene rings is 3. The van der Waals surface area contributed by atoms with Crippen LogP contribution in [0.3, 0.4) is 0 Å². The van der Waals surface area contributed by atoms with Gasteiger partial charge in [-0.05, 0) is 48.5 Å². The van der Waals surface area contributed by atoms with Gasteiger partial charge in [-0.15, -0.1) is 0 Å². The van der Waals surface area contributed by atoms with E-state index in [-0.39, 0.29) is 23.7 Å². The Morgan fingerprint density at radius 1 is 0.839 bits per heavy atom. The Morgan fingerprint density at radius 2 is 1.55 bits per heavy atom. The fourth-order valence-electron chi connectivity index (χ4n) is 2.69. The smallest absolute Gasteiger partial charge is 0.376 e. The van der Waals surface area contributed by atoms with Crippen LogP contribution in [-0.4, -0.2) is 18.4 Å². The highest BCUT2D eigenvalue weighted by Crippen LogP contribution is 2.30. The van der Waals surface area contributed by atoms with Crippen molar-refractivity contribution in [1.82, 2.24) is 0 Å². The molecule has 0 saturated heterocycles. The maximum Gasteiger partial charge on any atom is 0.416 e. The fraction of sp³-hybridized carbons (Fsp3) is 0.0909. The SMILES string of the molecule is O=C(CNc1cccc(C(=O)Nc2cccc(C(F)(F)F)c2)c1)Nc1ccccc1Cl. The summed E-state index contributed by atoms with van der Waals surface area (Å²) < 4.78 is 38.5. The Labute approximate surface area is 181 Å². The predicted molar refractivity (Wildman–Crippen MR) is 114 cm³/mol. The van der Waals surface area contributed by atoms with Gasteiger partial charge in [-0.25, -0.2) is 0 Å². The van der Waals surface area contributed by atoms with Crippen molar-refractivity contribution >= 4 is 40.5 Å². The molecule has 3 aromatic rings. The van der Waals surface area contributed by atoms with Gasteiger partial charge in [-0.3, -0.25) is 9.59 Å². The van der Waals surface area contributed by atoms with Gasteiger partial charge in [0.05, 0.1) is 22.8 Å². The zero-order chi connectivity index (χ0) is 22.4. The van der Waals surface area contributed by atoms with Crippen molar-refractivity contribution < 1.29 is 22.8 Å². The van der Waals surface area contributed by atoms with Gasteiger partial charge in [0.1, 0.15) is 0 Å². The van der Waals surface area contributed by atoms with E-state index in [1.54, 1.807) is 36.4 Å². The summed E-state index contributed by atoms with van der Waals surface area (Å²) in [6.07, 6.45) is -4.50. The maximum absolute atomic E-state index is 12.8. The summed E-state index contributed by atoms with van der Waals surface area (Å²) >= 11 is 6.00. The van der Waals surface area contributed by atoms with Crippen LogP contribution < -0.4 is 16.0 Å². The number of carbonyl (C=O) groups excluding carboxylic acids is 2. The average Bonchev–Trinajstić information content (AvgIpc) is 2.74. The first-order valence-corrected chi connectivity index (χ1v) is 9.47. The number of amides is 2. The van der Waals surface area contributed by atoms with Gasteiger partial charge in [0.2, 0.25) is 5.91 Å². The normalized spacial score (nSPS) is 11.0. The first-order chi connectivity index (χ1) is 14.7. The molecule has 3 rings (SSSR count). The molecule has 9 heteroatoms. The molecule has 31 heavy (non-hydrogen) atoms. The largest absolute Gasteiger partial charge is 0.416 e. The summed E-state index contributed by atoms with van der Waals surface area (Å²) in [6.45, 7) is -0.0794. The second-order valence-corrected chi connectivity index (χ2v) is 6.90. The lowest BCUT2D eigenvalue weighted by Crippen LogP contribution is -2.22. The van der Waals surface area contributed by atoms with Crippen molar-refractivity contribution in [3.8, 4) is 0 Å². The summed E-state index contributed by atoms with van der Waals surface area (Å²) in [5.74, 6) is -0.921. The molecule has 0 saturated carbocycles. The topological polar surface area (TPSA) is 70.2 Å². The number of anilines is 3. The Kier molecular flexibility index (Phi) is 6.81. The standard InChI is InChI=1S/C22H17ClF3N3O2/c23-18-9-1-2-10-19(18)29-20(30)13-27-16-7-3-5-14(11-16)21(31)28-17-8-4-6-15(12-17)22(24,25)26/h1-12,27H,13H2,(H,28,31)(H,29,30). The van der Waals surface area contributed by atoms with Gasteiger partial charge in [0.25, 0.3) is 5.91 Å². The van der Waals surface area contributed by atoms with Crippen molar-refractivity contribution in [2.45, 2.75) is 6.18 Å². The van der Waals surface area contributed by atoms with Crippen molar-refractivity contribution in [1.29, 1.82) is 0 Å². The van der Waals surface area contributed by atoms with Gasteiger partial charge >= 0.3 is 6.18 Å². The van der Waals surface area contributed by atoms with Gasteiger partial charge in [-0.2, -0.15) is 13.2 Å². The van der Waals surface area contributed by atoms with Gasteiger partial charge in [-0.1, -0.05) is 35.9 Å². The van der Waals surface area contributed by atoms with E-state index in [4.69, 9.17) is 11.6 Å². The molecule has 0 heterocycles. The van der Waals surface area contributed by atoms with Crippen molar-refractivity contribution in [2.24, 2.45) is 0 Å². The van der Waals surface area contributed by atoms with E-state index in [0.717, 1.165) is 12.1 Å². The van der Waals surface area contributed by atoms with E-state index >= 15 is 0 Å². The lowest BCUT2D eigenvalue weighted by atomic mass is 10.1. The van der Waals surface area contributed by atoms with Gasteiger partial charge in [0.15, 0.2) is 0 Å². The fourth-order valence-corrected chi connectivity index (χ4v) is 2.87. The van der Waals surface area contributed by atoms with E-state index in [9.17, 15) is 22.8 Å². The molecule has 0 aliphatic rings. The summed E-state index contributed by atoms with van der Waals surface area (Å²) in [5, 5.41) is 8.40. The molecule has 0 fully saturated rings. The number of carbonyl (C=O) groups is 2. The van der Waals surface area contributed by atoms with Crippen LogP contribution in [0.15, 0.2) is 72.8 Å². The van der Waals surface area contributed by atoms with Crippen LogP contribution in [0.5, 0.6) is 0 Å². The quantitative estimate of drug-likeness (QED) is 0.456. The predicted octanol–water partition coefficient (Wildman–Crippen LogP) is 5.66. The molecule has 5 nitrogen and oxygen atoms in total. The molecule has 0 radical (unpaired) electrons. The second kappa shape index (κ2) is 9.53. The first kappa shape index (κ1) is 22.2. The summed E-state index contributed by atoms with van der Waals surface area (Å²) in [4.78, 5) is 24.5. The Morgan fingerprint density at radius 3 is 2.29 bits per heavy atom. The first-order valence-electron chi connectivity index (χ1n) is 9.09. The van der Waals surface area contributed by atoms with Crippen molar-refractivity contribution in [2.75, 3.05) is 22.5 Å². The molecule has 160 valence electrons. The lowest BCUT2D eigenvalue weighted by Gasteiger charge is -2.11. The van der Waals surface area contributed by atoms with Crippen LogP contribution in [-0.2, 0) is 11.0 Å². The van der Waals surface area contributed by atoms with E-state index in [1.165, 1.54) is 24.3 Å². The third kappa shape index (κ3) is 6.23. The van der Waals surface area contributed by atoms with Gasteiger partial charge < -0.3 is 16.0 Å².